The number of anilines is 1. The maximum Gasteiger partial charge on any atom is 0.267 e. The molecular formula is C24H27N3O4S. The van der Waals surface area contributed by atoms with Gasteiger partial charge in [0.2, 0.25) is 0 Å². The minimum Gasteiger partial charge on any atom is -0.494 e. The van der Waals surface area contributed by atoms with E-state index < -0.39 is 10.0 Å². The first-order valence-electron chi connectivity index (χ1n) is 10.9. The van der Waals surface area contributed by atoms with Gasteiger partial charge in [-0.05, 0) is 80.5 Å². The van der Waals surface area contributed by atoms with Crippen LogP contribution in [0.25, 0.3) is 11.3 Å². The number of H-pyrrole nitrogens is 1. The van der Waals surface area contributed by atoms with E-state index in [4.69, 9.17) is 4.74 Å². The number of aryl methyl sites for hydroxylation is 1. The van der Waals surface area contributed by atoms with Crippen molar-refractivity contribution in [1.29, 1.82) is 0 Å². The van der Waals surface area contributed by atoms with Crippen molar-refractivity contribution in [2.45, 2.75) is 50.8 Å². The van der Waals surface area contributed by atoms with Crippen molar-refractivity contribution in [2.24, 2.45) is 0 Å². The van der Waals surface area contributed by atoms with E-state index in [0.29, 0.717) is 41.3 Å². The van der Waals surface area contributed by atoms with Crippen LogP contribution in [0.2, 0.25) is 0 Å². The molecule has 1 aliphatic rings. The standard InChI is InChI=1S/C24H27N3O4S/c1-3-16-9-10-17(23-20-7-5-6-8-21(20)24(28)26-25-23)15-22(16)32(29,30)27-18-11-13-19(14-12-18)31-4-2/h9-15,27H,3-8H2,1-2H3,(H,26,28). The van der Waals surface area contributed by atoms with Gasteiger partial charge in [0.15, 0.2) is 0 Å². The second-order valence-corrected chi connectivity index (χ2v) is 9.46. The van der Waals surface area contributed by atoms with E-state index in [2.05, 4.69) is 14.9 Å². The Morgan fingerprint density at radius 1 is 1.03 bits per heavy atom. The molecule has 4 rings (SSSR count). The summed E-state index contributed by atoms with van der Waals surface area (Å²) in [5.74, 6) is 0.681. The Balaban J connectivity index is 1.73. The van der Waals surface area contributed by atoms with Gasteiger partial charge in [-0.3, -0.25) is 9.52 Å². The third-order valence-corrected chi connectivity index (χ3v) is 7.19. The summed E-state index contributed by atoms with van der Waals surface area (Å²) in [4.78, 5) is 12.4. The van der Waals surface area contributed by atoms with Crippen LogP contribution >= 0.6 is 0 Å². The van der Waals surface area contributed by atoms with Crippen LogP contribution < -0.4 is 15.0 Å². The lowest BCUT2D eigenvalue weighted by Crippen LogP contribution is -2.21. The number of hydrogen-bond acceptors (Lipinski definition) is 5. The highest BCUT2D eigenvalue weighted by Crippen LogP contribution is 2.31. The molecule has 0 unspecified atom stereocenters. The number of aromatic amines is 1. The van der Waals surface area contributed by atoms with Gasteiger partial charge < -0.3 is 4.74 Å². The predicted octanol–water partition coefficient (Wildman–Crippen LogP) is 4.08. The van der Waals surface area contributed by atoms with Crippen LogP contribution in [0.15, 0.2) is 52.2 Å². The zero-order valence-corrected chi connectivity index (χ0v) is 19.1. The highest BCUT2D eigenvalue weighted by atomic mass is 32.2. The number of rotatable bonds is 7. The normalized spacial score (nSPS) is 13.4. The highest BCUT2D eigenvalue weighted by molar-refractivity contribution is 7.92. The van der Waals surface area contributed by atoms with Crippen LogP contribution in [0, 0.1) is 0 Å². The number of aromatic nitrogens is 2. The molecular weight excluding hydrogens is 426 g/mol. The Kier molecular flexibility index (Phi) is 6.32. The van der Waals surface area contributed by atoms with Crippen LogP contribution in [0.1, 0.15) is 43.4 Å². The van der Waals surface area contributed by atoms with E-state index in [1.807, 2.05) is 26.0 Å². The number of nitrogens with zero attached hydrogens (tertiary/aromatic N) is 1. The lowest BCUT2D eigenvalue weighted by Gasteiger charge is -2.18. The average molecular weight is 454 g/mol. The molecule has 1 aromatic heterocycles. The van der Waals surface area contributed by atoms with E-state index >= 15 is 0 Å². The van der Waals surface area contributed by atoms with Gasteiger partial charge in [0.25, 0.3) is 15.6 Å². The zero-order chi connectivity index (χ0) is 22.7. The fourth-order valence-corrected chi connectivity index (χ4v) is 5.53. The topological polar surface area (TPSA) is 101 Å². The van der Waals surface area contributed by atoms with Gasteiger partial charge in [-0.15, -0.1) is 0 Å². The first kappa shape index (κ1) is 22.1. The number of fused-ring (bicyclic) bond motifs is 1. The van der Waals surface area contributed by atoms with Crippen LogP contribution in [0.4, 0.5) is 5.69 Å². The van der Waals surface area contributed by atoms with Gasteiger partial charge >= 0.3 is 0 Å². The molecule has 3 aromatic rings. The number of ether oxygens (including phenoxy) is 1. The summed E-state index contributed by atoms with van der Waals surface area (Å²) in [5.41, 5.74) is 4.04. The van der Waals surface area contributed by atoms with Gasteiger partial charge in [0, 0.05) is 16.8 Å². The molecule has 0 saturated carbocycles. The summed E-state index contributed by atoms with van der Waals surface area (Å²) >= 11 is 0. The molecule has 0 spiro atoms. The van der Waals surface area contributed by atoms with Crippen molar-refractivity contribution >= 4 is 15.7 Å². The first-order valence-corrected chi connectivity index (χ1v) is 12.4. The molecule has 1 aliphatic carbocycles. The van der Waals surface area contributed by atoms with Crippen molar-refractivity contribution in [3.05, 3.63) is 69.5 Å². The number of benzene rings is 2. The average Bonchev–Trinajstić information content (AvgIpc) is 2.80. The van der Waals surface area contributed by atoms with Crippen LogP contribution in [0.5, 0.6) is 5.75 Å². The van der Waals surface area contributed by atoms with Gasteiger partial charge in [0.05, 0.1) is 17.2 Å². The Bertz CT molecular complexity index is 1280. The molecule has 0 saturated heterocycles. The molecule has 0 atom stereocenters. The predicted molar refractivity (Wildman–Crippen MR) is 125 cm³/mol. The fourth-order valence-electron chi connectivity index (χ4n) is 4.14. The molecule has 0 fully saturated rings. The Morgan fingerprint density at radius 2 is 1.75 bits per heavy atom. The molecule has 2 aromatic carbocycles. The van der Waals surface area contributed by atoms with Crippen molar-refractivity contribution in [3.63, 3.8) is 0 Å². The molecule has 0 radical (unpaired) electrons. The third-order valence-electron chi connectivity index (χ3n) is 5.73. The minimum absolute atomic E-state index is 0.154. The van der Waals surface area contributed by atoms with Crippen LogP contribution in [-0.4, -0.2) is 25.2 Å². The second kappa shape index (κ2) is 9.16. The monoisotopic (exact) mass is 453 g/mol. The Morgan fingerprint density at radius 3 is 2.44 bits per heavy atom. The van der Waals surface area contributed by atoms with Gasteiger partial charge in [-0.1, -0.05) is 19.1 Å². The number of sulfonamides is 1. The molecule has 1 heterocycles. The van der Waals surface area contributed by atoms with Crippen molar-refractivity contribution in [2.75, 3.05) is 11.3 Å². The Hall–Kier alpha value is -3.13. The highest BCUT2D eigenvalue weighted by Gasteiger charge is 2.23. The van der Waals surface area contributed by atoms with E-state index in [1.54, 1.807) is 30.3 Å². The first-order chi connectivity index (χ1) is 15.4. The van der Waals surface area contributed by atoms with E-state index in [-0.39, 0.29) is 10.5 Å². The SMILES string of the molecule is CCOc1ccc(NS(=O)(=O)c2cc(-c3n[nH]c(=O)c4c3CCCC4)ccc2CC)cc1. The number of nitrogens with one attached hydrogen (secondary N) is 2. The lowest BCUT2D eigenvalue weighted by molar-refractivity contribution is 0.340. The van der Waals surface area contributed by atoms with Crippen LogP contribution in [0.3, 0.4) is 0 Å². The summed E-state index contributed by atoms with van der Waals surface area (Å²) < 4.78 is 34.7. The largest absolute Gasteiger partial charge is 0.494 e. The molecule has 0 bridgehead atoms. The molecule has 0 amide bonds. The summed E-state index contributed by atoms with van der Waals surface area (Å²) in [6.07, 6.45) is 4.01. The molecule has 0 aliphatic heterocycles. The smallest absolute Gasteiger partial charge is 0.267 e. The van der Waals surface area contributed by atoms with E-state index in [1.165, 1.54) is 0 Å². The minimum atomic E-state index is -3.83. The maximum absolute atomic E-state index is 13.3. The lowest BCUT2D eigenvalue weighted by atomic mass is 9.89. The van der Waals surface area contributed by atoms with E-state index in [0.717, 1.165) is 36.8 Å². The van der Waals surface area contributed by atoms with Gasteiger partial charge in [0.1, 0.15) is 5.75 Å². The van der Waals surface area contributed by atoms with Crippen molar-refractivity contribution in [1.82, 2.24) is 10.2 Å². The molecule has 8 heteroatoms. The zero-order valence-electron chi connectivity index (χ0n) is 18.3. The Labute approximate surface area is 187 Å². The van der Waals surface area contributed by atoms with Crippen LogP contribution in [-0.2, 0) is 29.3 Å². The second-order valence-electron chi connectivity index (χ2n) is 7.80. The molecule has 2 N–H and O–H groups in total. The third kappa shape index (κ3) is 4.41. The van der Waals surface area contributed by atoms with Crippen molar-refractivity contribution in [3.8, 4) is 17.0 Å². The summed E-state index contributed by atoms with van der Waals surface area (Å²) in [7, 11) is -3.83. The quantitative estimate of drug-likeness (QED) is 0.561. The molecule has 168 valence electrons. The fraction of sp³-hybridized carbons (Fsp3) is 0.333. The van der Waals surface area contributed by atoms with E-state index in [9.17, 15) is 13.2 Å². The summed E-state index contributed by atoms with van der Waals surface area (Å²) in [6, 6.07) is 12.2. The number of hydrogen-bond donors (Lipinski definition) is 2. The maximum atomic E-state index is 13.3. The van der Waals surface area contributed by atoms with Gasteiger partial charge in [-0.2, -0.15) is 5.10 Å². The van der Waals surface area contributed by atoms with Gasteiger partial charge in [-0.25, -0.2) is 13.5 Å². The summed E-state index contributed by atoms with van der Waals surface area (Å²) in [6.45, 7) is 4.36. The summed E-state index contributed by atoms with van der Waals surface area (Å²) in [5, 5.41) is 6.87. The molecule has 32 heavy (non-hydrogen) atoms. The van der Waals surface area contributed by atoms with Crippen molar-refractivity contribution < 1.29 is 13.2 Å². The molecule has 7 nitrogen and oxygen atoms in total.